The van der Waals surface area contributed by atoms with Gasteiger partial charge < -0.3 is 0 Å². The maximum atomic E-state index is 12.4. The molecule has 136 valence electrons. The molecular weight excluding hydrogens is 368 g/mol. The molecule has 1 aliphatic rings. The summed E-state index contributed by atoms with van der Waals surface area (Å²) in [5.74, 6) is -1.57. The van der Waals surface area contributed by atoms with E-state index in [1.165, 1.54) is 48.5 Å². The largest absolute Gasteiger partial charge is 0.345 e. The van der Waals surface area contributed by atoms with Crippen molar-refractivity contribution in [2.75, 3.05) is 9.80 Å². The fraction of sp³-hybridized carbons (Fsp3) is 0. The van der Waals surface area contributed by atoms with Gasteiger partial charge in [0, 0.05) is 21.0 Å². The van der Waals surface area contributed by atoms with Gasteiger partial charge in [0.2, 0.25) is 11.8 Å². The van der Waals surface area contributed by atoms with Crippen molar-refractivity contribution in [3.63, 3.8) is 0 Å². The SMILES string of the molecule is [N-]=[N+]=NC(=O)c1ccc(N2C(=O)N(c3ccc(C(=O)N=[N+]=[N-])cc3)C2=O)cc1. The van der Waals surface area contributed by atoms with Crippen LogP contribution in [0.5, 0.6) is 0 Å². The summed E-state index contributed by atoms with van der Waals surface area (Å²) in [7, 11) is 0. The fourth-order valence-electron chi connectivity index (χ4n) is 2.46. The zero-order chi connectivity index (χ0) is 20.3. The van der Waals surface area contributed by atoms with Crippen molar-refractivity contribution in [1.82, 2.24) is 0 Å². The van der Waals surface area contributed by atoms with Crippen LogP contribution in [0.3, 0.4) is 0 Å². The van der Waals surface area contributed by atoms with Gasteiger partial charge in [-0.3, -0.25) is 9.59 Å². The first-order valence-corrected chi connectivity index (χ1v) is 7.55. The molecule has 0 saturated carbocycles. The Balaban J connectivity index is 1.77. The molecule has 1 fully saturated rings. The van der Waals surface area contributed by atoms with Gasteiger partial charge >= 0.3 is 12.1 Å². The highest BCUT2D eigenvalue weighted by Gasteiger charge is 2.45. The van der Waals surface area contributed by atoms with Gasteiger partial charge in [-0.25, -0.2) is 19.4 Å². The molecule has 0 radical (unpaired) electrons. The minimum Gasteiger partial charge on any atom is -0.287 e. The minimum absolute atomic E-state index is 0.110. The summed E-state index contributed by atoms with van der Waals surface area (Å²) in [5.41, 5.74) is 17.2. The normalized spacial score (nSPS) is 12.6. The summed E-state index contributed by atoms with van der Waals surface area (Å²) in [6, 6.07) is 9.52. The Hall–Kier alpha value is -4.66. The monoisotopic (exact) mass is 376 g/mol. The van der Waals surface area contributed by atoms with Crippen LogP contribution in [-0.4, -0.2) is 23.9 Å². The lowest BCUT2D eigenvalue weighted by molar-refractivity contribution is 0.0992. The molecule has 6 amide bonds. The van der Waals surface area contributed by atoms with Gasteiger partial charge in [0.1, 0.15) is 0 Å². The van der Waals surface area contributed by atoms with Gasteiger partial charge in [-0.15, -0.1) is 0 Å². The number of rotatable bonds is 4. The van der Waals surface area contributed by atoms with Crippen molar-refractivity contribution in [3.05, 3.63) is 80.5 Å². The lowest BCUT2D eigenvalue weighted by Gasteiger charge is -2.38. The highest BCUT2D eigenvalue weighted by atomic mass is 16.2. The summed E-state index contributed by atoms with van der Waals surface area (Å²) in [5, 5.41) is 5.90. The van der Waals surface area contributed by atoms with Crippen molar-refractivity contribution in [1.29, 1.82) is 0 Å². The Labute approximate surface area is 155 Å². The number of imide groups is 2. The molecule has 2 aromatic rings. The van der Waals surface area contributed by atoms with E-state index in [-0.39, 0.29) is 22.5 Å². The highest BCUT2D eigenvalue weighted by Crippen LogP contribution is 2.31. The van der Waals surface area contributed by atoms with Crippen LogP contribution in [0.1, 0.15) is 20.7 Å². The Kier molecular flexibility index (Phi) is 4.73. The quantitative estimate of drug-likeness (QED) is 0.443. The van der Waals surface area contributed by atoms with E-state index >= 15 is 0 Å². The van der Waals surface area contributed by atoms with Crippen molar-refractivity contribution in [2.24, 2.45) is 10.2 Å². The van der Waals surface area contributed by atoms with Gasteiger partial charge in [0.05, 0.1) is 11.4 Å². The number of azide groups is 2. The molecule has 0 aromatic heterocycles. The molecule has 28 heavy (non-hydrogen) atoms. The van der Waals surface area contributed by atoms with E-state index in [1.54, 1.807) is 0 Å². The number of nitrogens with zero attached hydrogens (tertiary/aromatic N) is 8. The fourth-order valence-corrected chi connectivity index (χ4v) is 2.46. The summed E-state index contributed by atoms with van der Waals surface area (Å²) < 4.78 is 0. The third-order valence-electron chi connectivity index (χ3n) is 3.78. The van der Waals surface area contributed by atoms with E-state index in [0.717, 1.165) is 9.80 Å². The lowest BCUT2D eigenvalue weighted by atomic mass is 10.1. The average molecular weight is 376 g/mol. The lowest BCUT2D eigenvalue weighted by Crippen LogP contribution is -2.64. The number of carbonyl (C=O) groups is 4. The molecular formula is C16H8N8O4. The molecule has 3 rings (SSSR count). The van der Waals surface area contributed by atoms with Crippen molar-refractivity contribution in [2.45, 2.75) is 0 Å². The van der Waals surface area contributed by atoms with Gasteiger partial charge in [-0.05, 0) is 69.8 Å². The zero-order valence-corrected chi connectivity index (χ0v) is 13.8. The molecule has 0 unspecified atom stereocenters. The van der Waals surface area contributed by atoms with Crippen LogP contribution in [0.4, 0.5) is 21.0 Å². The molecule has 0 atom stereocenters. The highest BCUT2D eigenvalue weighted by molar-refractivity contribution is 6.41. The molecule has 12 nitrogen and oxygen atoms in total. The van der Waals surface area contributed by atoms with E-state index in [0.29, 0.717) is 0 Å². The van der Waals surface area contributed by atoms with Crippen LogP contribution in [-0.2, 0) is 0 Å². The van der Waals surface area contributed by atoms with Crippen molar-refractivity contribution < 1.29 is 19.2 Å². The number of hydrogen-bond acceptors (Lipinski definition) is 4. The Morgan fingerprint density at radius 3 is 1.29 bits per heavy atom. The maximum absolute atomic E-state index is 12.4. The topological polar surface area (TPSA) is 172 Å². The predicted octanol–water partition coefficient (Wildman–Crippen LogP) is 4.15. The van der Waals surface area contributed by atoms with Crippen LogP contribution in [0.15, 0.2) is 58.8 Å². The minimum atomic E-state index is -0.785. The first kappa shape index (κ1) is 18.1. The standard InChI is InChI=1S/C16H8N8O4/c17-21-19-13(25)9-1-5-11(6-2-9)23-15(27)24(16(23)28)12-7-3-10(4-8-12)14(26)20-22-18/h1-8H. The maximum Gasteiger partial charge on any atom is 0.345 e. The van der Waals surface area contributed by atoms with Crippen molar-refractivity contribution >= 4 is 35.3 Å². The third kappa shape index (κ3) is 3.10. The summed E-state index contributed by atoms with van der Waals surface area (Å²) >= 11 is 0. The van der Waals surface area contributed by atoms with Crippen LogP contribution < -0.4 is 9.80 Å². The second kappa shape index (κ2) is 7.30. The molecule has 1 saturated heterocycles. The molecule has 0 spiro atoms. The number of benzene rings is 2. The summed E-state index contributed by atoms with van der Waals surface area (Å²) in [6.07, 6.45) is 0. The zero-order valence-electron chi connectivity index (χ0n) is 13.8. The van der Waals surface area contributed by atoms with Gasteiger partial charge in [-0.2, -0.15) is 0 Å². The second-order valence-electron chi connectivity index (χ2n) is 5.32. The Bertz CT molecular complexity index is 995. The number of hydrogen-bond donors (Lipinski definition) is 0. The van der Waals surface area contributed by atoms with Crippen LogP contribution in [0.25, 0.3) is 20.9 Å². The number of carbonyl (C=O) groups excluding carboxylic acids is 4. The smallest absolute Gasteiger partial charge is 0.287 e. The van der Waals surface area contributed by atoms with Gasteiger partial charge in [0.25, 0.3) is 0 Å². The van der Waals surface area contributed by atoms with E-state index in [1.807, 2.05) is 0 Å². The molecule has 2 aromatic carbocycles. The number of amides is 6. The Morgan fingerprint density at radius 2 is 1.00 bits per heavy atom. The first-order chi connectivity index (χ1) is 13.5. The van der Waals surface area contributed by atoms with E-state index in [2.05, 4.69) is 20.1 Å². The van der Waals surface area contributed by atoms with Crippen LogP contribution >= 0.6 is 0 Å². The van der Waals surface area contributed by atoms with Gasteiger partial charge in [0.15, 0.2) is 0 Å². The third-order valence-corrected chi connectivity index (χ3v) is 3.78. The second-order valence-corrected chi connectivity index (χ2v) is 5.32. The summed E-state index contributed by atoms with van der Waals surface area (Å²) in [6.45, 7) is 0. The number of anilines is 2. The van der Waals surface area contributed by atoms with Crippen LogP contribution in [0.2, 0.25) is 0 Å². The molecule has 1 heterocycles. The molecule has 12 heteroatoms. The van der Waals surface area contributed by atoms with E-state index < -0.39 is 23.9 Å². The summed E-state index contributed by atoms with van der Waals surface area (Å²) in [4.78, 5) is 54.3. The van der Waals surface area contributed by atoms with E-state index in [4.69, 9.17) is 11.1 Å². The Morgan fingerprint density at radius 1 is 0.679 bits per heavy atom. The first-order valence-electron chi connectivity index (χ1n) is 7.55. The van der Waals surface area contributed by atoms with Crippen LogP contribution in [0, 0.1) is 0 Å². The molecule has 0 bridgehead atoms. The number of urea groups is 2. The predicted molar refractivity (Wildman–Crippen MR) is 95.6 cm³/mol. The van der Waals surface area contributed by atoms with Gasteiger partial charge in [-0.1, -0.05) is 0 Å². The molecule has 0 N–H and O–H groups in total. The van der Waals surface area contributed by atoms with Crippen molar-refractivity contribution in [3.8, 4) is 0 Å². The molecule has 1 aliphatic heterocycles. The van der Waals surface area contributed by atoms with E-state index in [9.17, 15) is 19.2 Å². The average Bonchev–Trinajstić information content (AvgIpc) is 2.69. The molecule has 0 aliphatic carbocycles.